The van der Waals surface area contributed by atoms with Gasteiger partial charge in [-0.25, -0.2) is 18.1 Å². The average molecular weight is 286 g/mol. The van der Waals surface area contributed by atoms with E-state index in [0.29, 0.717) is 12.4 Å². The smallest absolute Gasteiger partial charge is 0.257 e. The lowest BCUT2D eigenvalue weighted by Gasteiger charge is -2.37. The normalized spacial score (nSPS) is 20.6. The number of aromatic amines is 1. The Morgan fingerprint density at radius 1 is 1.47 bits per heavy atom. The van der Waals surface area contributed by atoms with Crippen LogP contribution in [0.15, 0.2) is 11.2 Å². The minimum atomic E-state index is -3.47. The molecule has 0 saturated carbocycles. The van der Waals surface area contributed by atoms with Crippen molar-refractivity contribution >= 4 is 10.0 Å². The van der Waals surface area contributed by atoms with Crippen LogP contribution in [0.3, 0.4) is 0 Å². The first-order chi connectivity index (χ1) is 8.81. The summed E-state index contributed by atoms with van der Waals surface area (Å²) in [5.74, 6) is 0.603. The summed E-state index contributed by atoms with van der Waals surface area (Å²) < 4.78 is 26.9. The van der Waals surface area contributed by atoms with Crippen LogP contribution in [0.4, 0.5) is 0 Å². The van der Waals surface area contributed by atoms with E-state index in [-0.39, 0.29) is 10.4 Å². The third-order valence-corrected chi connectivity index (χ3v) is 5.16. The van der Waals surface area contributed by atoms with Crippen molar-refractivity contribution < 1.29 is 8.42 Å². The van der Waals surface area contributed by atoms with Crippen molar-refractivity contribution in [3.63, 3.8) is 0 Å². The number of hydrogen-bond donors (Lipinski definition) is 2. The highest BCUT2D eigenvalue weighted by atomic mass is 32.2. The fourth-order valence-electron chi connectivity index (χ4n) is 2.22. The van der Waals surface area contributed by atoms with Crippen molar-refractivity contribution in [2.45, 2.75) is 31.7 Å². The number of hydrogen-bond acceptors (Lipinski definition) is 4. The monoisotopic (exact) mass is 286 g/mol. The predicted octanol–water partition coefficient (Wildman–Crippen LogP) is 0.728. The SMILES string of the molecule is Cc1ncc(S(=O)(=O)NCC2(C)CCN(C)CC2)[nH]1. The van der Waals surface area contributed by atoms with Crippen LogP contribution in [0.2, 0.25) is 0 Å². The molecule has 0 atom stereocenters. The summed E-state index contributed by atoms with van der Waals surface area (Å²) >= 11 is 0. The third-order valence-electron chi connectivity index (χ3n) is 3.85. The lowest BCUT2D eigenvalue weighted by Crippen LogP contribution is -2.43. The number of nitrogens with zero attached hydrogens (tertiary/aromatic N) is 2. The fourth-order valence-corrected chi connectivity index (χ4v) is 3.38. The number of rotatable bonds is 4. The summed E-state index contributed by atoms with van der Waals surface area (Å²) in [5, 5.41) is 0.140. The minimum absolute atomic E-state index is 0.0364. The number of nitrogens with one attached hydrogen (secondary N) is 2. The summed E-state index contributed by atoms with van der Waals surface area (Å²) in [4.78, 5) is 8.95. The second kappa shape index (κ2) is 5.22. The molecule has 1 aromatic rings. The molecule has 0 unspecified atom stereocenters. The van der Waals surface area contributed by atoms with Crippen LogP contribution in [0, 0.1) is 12.3 Å². The van der Waals surface area contributed by atoms with Crippen molar-refractivity contribution in [2.24, 2.45) is 5.41 Å². The third kappa shape index (κ3) is 3.55. The van der Waals surface area contributed by atoms with E-state index in [1.54, 1.807) is 6.92 Å². The lowest BCUT2D eigenvalue weighted by molar-refractivity contribution is 0.143. The van der Waals surface area contributed by atoms with Crippen LogP contribution in [-0.2, 0) is 10.0 Å². The Morgan fingerprint density at radius 3 is 2.63 bits per heavy atom. The van der Waals surface area contributed by atoms with E-state index in [2.05, 4.69) is 33.6 Å². The van der Waals surface area contributed by atoms with Gasteiger partial charge in [-0.1, -0.05) is 6.92 Å². The van der Waals surface area contributed by atoms with Crippen LogP contribution in [-0.4, -0.2) is 50.0 Å². The van der Waals surface area contributed by atoms with Crippen molar-refractivity contribution in [3.05, 3.63) is 12.0 Å². The fraction of sp³-hybridized carbons (Fsp3) is 0.750. The first-order valence-electron chi connectivity index (χ1n) is 6.51. The highest BCUT2D eigenvalue weighted by Gasteiger charge is 2.30. The van der Waals surface area contributed by atoms with E-state index < -0.39 is 10.0 Å². The van der Waals surface area contributed by atoms with Crippen LogP contribution >= 0.6 is 0 Å². The van der Waals surface area contributed by atoms with E-state index in [1.165, 1.54) is 6.20 Å². The molecule has 1 saturated heterocycles. The van der Waals surface area contributed by atoms with Gasteiger partial charge in [-0.2, -0.15) is 0 Å². The maximum atomic E-state index is 12.1. The first-order valence-corrected chi connectivity index (χ1v) is 7.99. The molecule has 19 heavy (non-hydrogen) atoms. The molecule has 1 fully saturated rings. The summed E-state index contributed by atoms with van der Waals surface area (Å²) in [6.07, 6.45) is 3.37. The Hall–Kier alpha value is -0.920. The number of aromatic nitrogens is 2. The molecular formula is C12H22N4O2S. The molecule has 2 rings (SSSR count). The summed E-state index contributed by atoms with van der Waals surface area (Å²) in [5.41, 5.74) is 0.0364. The highest BCUT2D eigenvalue weighted by Crippen LogP contribution is 2.29. The molecule has 1 aromatic heterocycles. The zero-order valence-corrected chi connectivity index (χ0v) is 12.5. The van der Waals surface area contributed by atoms with Gasteiger partial charge in [-0.3, -0.25) is 0 Å². The zero-order chi connectivity index (χ0) is 14.1. The molecule has 0 amide bonds. The quantitative estimate of drug-likeness (QED) is 0.855. The Bertz CT molecular complexity index is 530. The number of sulfonamides is 1. The van der Waals surface area contributed by atoms with Gasteiger partial charge >= 0.3 is 0 Å². The van der Waals surface area contributed by atoms with Gasteiger partial charge in [-0.05, 0) is 45.3 Å². The molecular weight excluding hydrogens is 264 g/mol. The average Bonchev–Trinajstić information content (AvgIpc) is 2.79. The molecule has 0 bridgehead atoms. The largest absolute Gasteiger partial charge is 0.332 e. The van der Waals surface area contributed by atoms with Gasteiger partial charge in [0.2, 0.25) is 0 Å². The number of piperidine rings is 1. The van der Waals surface area contributed by atoms with Crippen LogP contribution in [0.1, 0.15) is 25.6 Å². The van der Waals surface area contributed by atoms with Crippen LogP contribution in [0.5, 0.6) is 0 Å². The molecule has 0 aliphatic carbocycles. The topological polar surface area (TPSA) is 78.1 Å². The maximum Gasteiger partial charge on any atom is 0.257 e. The predicted molar refractivity (Wildman–Crippen MR) is 73.4 cm³/mol. The second-order valence-corrected chi connectivity index (χ2v) is 7.51. The molecule has 108 valence electrons. The molecule has 0 radical (unpaired) electrons. The number of likely N-dealkylation sites (tertiary alicyclic amines) is 1. The second-order valence-electron chi connectivity index (χ2n) is 5.77. The Kier molecular flexibility index (Phi) is 3.98. The van der Waals surface area contributed by atoms with Gasteiger partial charge in [-0.15, -0.1) is 0 Å². The maximum absolute atomic E-state index is 12.1. The van der Waals surface area contributed by atoms with E-state index in [1.807, 2.05) is 0 Å². The van der Waals surface area contributed by atoms with Crippen LogP contribution < -0.4 is 4.72 Å². The first kappa shape index (κ1) is 14.5. The van der Waals surface area contributed by atoms with Crippen molar-refractivity contribution in [3.8, 4) is 0 Å². The van der Waals surface area contributed by atoms with E-state index in [0.717, 1.165) is 25.9 Å². The van der Waals surface area contributed by atoms with Crippen molar-refractivity contribution in [2.75, 3.05) is 26.7 Å². The van der Waals surface area contributed by atoms with Crippen LogP contribution in [0.25, 0.3) is 0 Å². The van der Waals surface area contributed by atoms with Gasteiger partial charge in [0.25, 0.3) is 10.0 Å². The summed E-state index contributed by atoms with van der Waals surface area (Å²) in [6, 6.07) is 0. The molecule has 2 N–H and O–H groups in total. The van der Waals surface area contributed by atoms with Crippen molar-refractivity contribution in [1.29, 1.82) is 0 Å². The molecule has 6 nitrogen and oxygen atoms in total. The van der Waals surface area contributed by atoms with E-state index in [4.69, 9.17) is 0 Å². The number of imidazole rings is 1. The molecule has 1 aliphatic rings. The summed E-state index contributed by atoms with van der Waals surface area (Å²) in [7, 11) is -1.38. The number of H-pyrrole nitrogens is 1. The summed E-state index contributed by atoms with van der Waals surface area (Å²) in [6.45, 7) is 6.38. The molecule has 7 heteroatoms. The zero-order valence-electron chi connectivity index (χ0n) is 11.7. The van der Waals surface area contributed by atoms with E-state index in [9.17, 15) is 8.42 Å². The van der Waals surface area contributed by atoms with E-state index >= 15 is 0 Å². The van der Waals surface area contributed by atoms with Crippen molar-refractivity contribution in [1.82, 2.24) is 19.6 Å². The van der Waals surface area contributed by atoms with Gasteiger partial charge in [0.1, 0.15) is 5.82 Å². The molecule has 0 aromatic carbocycles. The number of aryl methyl sites for hydroxylation is 1. The van der Waals surface area contributed by atoms with Gasteiger partial charge in [0.05, 0.1) is 6.20 Å². The molecule has 2 heterocycles. The highest BCUT2D eigenvalue weighted by molar-refractivity contribution is 7.89. The van der Waals surface area contributed by atoms with Gasteiger partial charge in [0, 0.05) is 6.54 Å². The minimum Gasteiger partial charge on any atom is -0.332 e. The lowest BCUT2D eigenvalue weighted by atomic mass is 9.81. The Balaban J connectivity index is 1.98. The Labute approximate surface area is 114 Å². The molecule has 1 aliphatic heterocycles. The molecule has 0 spiro atoms. The Morgan fingerprint density at radius 2 is 2.11 bits per heavy atom. The standard InChI is InChI=1S/C12H22N4O2S/c1-10-13-8-11(15-10)19(17,18)14-9-12(2)4-6-16(3)7-5-12/h8,14H,4-7,9H2,1-3H3,(H,13,15). The van der Waals surface area contributed by atoms with Gasteiger partial charge < -0.3 is 9.88 Å². The van der Waals surface area contributed by atoms with Gasteiger partial charge in [0.15, 0.2) is 5.03 Å².